The maximum absolute atomic E-state index is 12.1. The Morgan fingerprint density at radius 3 is 2.10 bits per heavy atom. The van der Waals surface area contributed by atoms with Crippen molar-refractivity contribution >= 4 is 11.9 Å². The Labute approximate surface area is 119 Å². The van der Waals surface area contributed by atoms with Crippen LogP contribution < -0.4 is 5.32 Å². The summed E-state index contributed by atoms with van der Waals surface area (Å²) in [7, 11) is 0. The van der Waals surface area contributed by atoms with E-state index in [0.29, 0.717) is 12.8 Å². The first-order valence-corrected chi connectivity index (χ1v) is 7.51. The van der Waals surface area contributed by atoms with Crippen LogP contribution in [0.5, 0.6) is 0 Å². The first-order chi connectivity index (χ1) is 9.28. The molecule has 2 atom stereocenters. The second kappa shape index (κ2) is 5.35. The van der Waals surface area contributed by atoms with Gasteiger partial charge in [-0.3, -0.25) is 9.59 Å². The predicted octanol–water partition coefficient (Wildman–Crippen LogP) is 1.54. The number of rotatable bonds is 4. The molecule has 1 amide bonds. The fraction of sp³-hybridized carbons (Fsp3) is 0.867. The summed E-state index contributed by atoms with van der Waals surface area (Å²) in [6.07, 6.45) is 5.66. The Balaban J connectivity index is 1.88. The minimum absolute atomic E-state index is 0.236. The van der Waals surface area contributed by atoms with Crippen LogP contribution in [0.2, 0.25) is 0 Å². The number of hydrogen-bond acceptors (Lipinski definition) is 3. The van der Waals surface area contributed by atoms with Crippen LogP contribution in [0.4, 0.5) is 0 Å². The molecule has 0 bridgehead atoms. The van der Waals surface area contributed by atoms with Crippen molar-refractivity contribution in [2.45, 2.75) is 58.0 Å². The highest BCUT2D eigenvalue weighted by atomic mass is 16.4. The van der Waals surface area contributed by atoms with Crippen molar-refractivity contribution in [3.63, 3.8) is 0 Å². The summed E-state index contributed by atoms with van der Waals surface area (Å²) in [6, 6.07) is 0. The summed E-state index contributed by atoms with van der Waals surface area (Å²) in [5.74, 6) is -2.23. The lowest BCUT2D eigenvalue weighted by molar-refractivity contribution is -0.140. The maximum Gasteiger partial charge on any atom is 0.307 e. The average molecular weight is 283 g/mol. The Morgan fingerprint density at radius 2 is 1.65 bits per heavy atom. The Hall–Kier alpha value is -1.10. The normalized spacial score (nSPS) is 31.1. The molecular formula is C15H25NO4. The quantitative estimate of drug-likeness (QED) is 0.683. The zero-order chi connectivity index (χ0) is 15.0. The smallest absolute Gasteiger partial charge is 0.307 e. The number of aliphatic carboxylic acids is 1. The molecule has 0 aromatic rings. The zero-order valence-corrected chi connectivity index (χ0v) is 12.3. The molecule has 0 aromatic carbocycles. The molecule has 2 saturated carbocycles. The number of hydrogen-bond donors (Lipinski definition) is 3. The van der Waals surface area contributed by atoms with E-state index in [2.05, 4.69) is 5.32 Å². The van der Waals surface area contributed by atoms with Gasteiger partial charge in [0.2, 0.25) is 5.91 Å². The third-order valence-electron chi connectivity index (χ3n) is 5.00. The maximum atomic E-state index is 12.1. The van der Waals surface area contributed by atoms with Crippen LogP contribution in [0.15, 0.2) is 0 Å². The Bertz CT molecular complexity index is 397. The van der Waals surface area contributed by atoms with Gasteiger partial charge in [0, 0.05) is 6.54 Å². The summed E-state index contributed by atoms with van der Waals surface area (Å²) in [4.78, 5) is 23.2. The molecule has 2 rings (SSSR count). The van der Waals surface area contributed by atoms with Crippen molar-refractivity contribution in [3.05, 3.63) is 0 Å². The van der Waals surface area contributed by atoms with E-state index in [0.717, 1.165) is 25.7 Å². The van der Waals surface area contributed by atoms with Crippen molar-refractivity contribution < 1.29 is 19.8 Å². The number of nitrogens with one attached hydrogen (secondary N) is 1. The van der Waals surface area contributed by atoms with Crippen molar-refractivity contribution in [1.29, 1.82) is 0 Å². The summed E-state index contributed by atoms with van der Waals surface area (Å²) in [5, 5.41) is 22.3. The Kier molecular flexibility index (Phi) is 4.09. The van der Waals surface area contributed by atoms with E-state index in [1.54, 1.807) is 13.8 Å². The third-order valence-corrected chi connectivity index (χ3v) is 5.00. The molecule has 5 heteroatoms. The summed E-state index contributed by atoms with van der Waals surface area (Å²) < 4.78 is 0. The van der Waals surface area contributed by atoms with Crippen molar-refractivity contribution in [1.82, 2.24) is 5.32 Å². The standard InChI is InChI=1S/C15H25NO4/c1-14(2)10(11(14)13(18)19)12(17)16-9-15(20)7-5-3-4-6-8-15/h10-11,20H,3-9H2,1-2H3,(H,16,17)(H,18,19). The second-order valence-electron chi connectivity index (χ2n) is 6.97. The van der Waals surface area contributed by atoms with E-state index < -0.39 is 28.8 Å². The summed E-state index contributed by atoms with van der Waals surface area (Å²) in [6.45, 7) is 3.84. The van der Waals surface area contributed by atoms with Crippen LogP contribution in [0, 0.1) is 17.3 Å². The van der Waals surface area contributed by atoms with Crippen LogP contribution in [-0.4, -0.2) is 34.2 Å². The molecule has 0 aromatic heterocycles. The molecule has 0 saturated heterocycles. The van der Waals surface area contributed by atoms with E-state index in [1.165, 1.54) is 0 Å². The highest BCUT2D eigenvalue weighted by Gasteiger charge is 2.65. The SMILES string of the molecule is CC1(C)C(C(=O)O)C1C(=O)NCC1(O)CCCCCC1. The van der Waals surface area contributed by atoms with Gasteiger partial charge in [-0.1, -0.05) is 39.5 Å². The van der Waals surface area contributed by atoms with Gasteiger partial charge in [-0.2, -0.15) is 0 Å². The zero-order valence-electron chi connectivity index (χ0n) is 12.3. The van der Waals surface area contributed by atoms with Crippen LogP contribution >= 0.6 is 0 Å². The van der Waals surface area contributed by atoms with Crippen LogP contribution in [0.3, 0.4) is 0 Å². The minimum atomic E-state index is -0.914. The van der Waals surface area contributed by atoms with E-state index in [4.69, 9.17) is 5.11 Å². The third kappa shape index (κ3) is 2.97. The Morgan fingerprint density at radius 1 is 1.10 bits per heavy atom. The van der Waals surface area contributed by atoms with Gasteiger partial charge in [0.25, 0.3) is 0 Å². The monoisotopic (exact) mass is 283 g/mol. The first kappa shape index (κ1) is 15.3. The van der Waals surface area contributed by atoms with E-state index in [9.17, 15) is 14.7 Å². The number of amides is 1. The number of aliphatic hydroxyl groups is 1. The molecule has 2 fully saturated rings. The molecule has 20 heavy (non-hydrogen) atoms. The second-order valence-corrected chi connectivity index (χ2v) is 6.97. The average Bonchev–Trinajstić information content (AvgIpc) is 3.00. The number of carboxylic acids is 1. The summed E-state index contributed by atoms with van der Waals surface area (Å²) >= 11 is 0. The molecule has 2 aliphatic carbocycles. The van der Waals surface area contributed by atoms with Gasteiger partial charge in [0.15, 0.2) is 0 Å². The summed E-state index contributed by atoms with van der Waals surface area (Å²) in [5.41, 5.74) is -1.30. The fourth-order valence-electron chi connectivity index (χ4n) is 3.51. The lowest BCUT2D eigenvalue weighted by Gasteiger charge is -2.27. The molecule has 2 aliphatic rings. The predicted molar refractivity (Wildman–Crippen MR) is 74.1 cm³/mol. The van der Waals surface area contributed by atoms with E-state index in [1.807, 2.05) is 0 Å². The van der Waals surface area contributed by atoms with Gasteiger partial charge in [0.05, 0.1) is 17.4 Å². The molecule has 0 spiro atoms. The molecule has 3 N–H and O–H groups in total. The fourth-order valence-corrected chi connectivity index (χ4v) is 3.51. The van der Waals surface area contributed by atoms with Crippen LogP contribution in [0.25, 0.3) is 0 Å². The molecule has 2 unspecified atom stereocenters. The van der Waals surface area contributed by atoms with Gasteiger partial charge in [-0.15, -0.1) is 0 Å². The van der Waals surface area contributed by atoms with E-state index in [-0.39, 0.29) is 12.5 Å². The lowest BCUT2D eigenvalue weighted by atomic mass is 9.94. The van der Waals surface area contributed by atoms with Gasteiger partial charge in [-0.05, 0) is 18.3 Å². The van der Waals surface area contributed by atoms with Crippen molar-refractivity contribution in [2.24, 2.45) is 17.3 Å². The molecule has 0 radical (unpaired) electrons. The lowest BCUT2D eigenvalue weighted by Crippen LogP contribution is -2.43. The molecule has 5 nitrogen and oxygen atoms in total. The molecule has 0 aliphatic heterocycles. The van der Waals surface area contributed by atoms with Gasteiger partial charge in [0.1, 0.15) is 0 Å². The van der Waals surface area contributed by atoms with Crippen molar-refractivity contribution in [2.75, 3.05) is 6.54 Å². The highest BCUT2D eigenvalue weighted by molar-refractivity contribution is 5.91. The van der Waals surface area contributed by atoms with Gasteiger partial charge >= 0.3 is 5.97 Å². The molecule has 0 heterocycles. The highest BCUT2D eigenvalue weighted by Crippen LogP contribution is 2.58. The molecular weight excluding hydrogens is 258 g/mol. The van der Waals surface area contributed by atoms with E-state index >= 15 is 0 Å². The molecule has 114 valence electrons. The minimum Gasteiger partial charge on any atom is -0.481 e. The van der Waals surface area contributed by atoms with Crippen LogP contribution in [0.1, 0.15) is 52.4 Å². The topological polar surface area (TPSA) is 86.6 Å². The number of carboxylic acid groups (broad SMARTS) is 1. The van der Waals surface area contributed by atoms with Gasteiger partial charge < -0.3 is 15.5 Å². The largest absolute Gasteiger partial charge is 0.481 e. The van der Waals surface area contributed by atoms with Crippen LogP contribution in [-0.2, 0) is 9.59 Å². The number of carbonyl (C=O) groups is 2. The van der Waals surface area contributed by atoms with Crippen molar-refractivity contribution in [3.8, 4) is 0 Å². The number of carbonyl (C=O) groups excluding carboxylic acids is 1. The van der Waals surface area contributed by atoms with Gasteiger partial charge in [-0.25, -0.2) is 0 Å². The first-order valence-electron chi connectivity index (χ1n) is 7.51.